The van der Waals surface area contributed by atoms with Crippen LogP contribution in [0.5, 0.6) is 0 Å². The van der Waals surface area contributed by atoms with E-state index in [9.17, 15) is 13.2 Å². The van der Waals surface area contributed by atoms with Crippen molar-refractivity contribution in [2.24, 2.45) is 11.8 Å². The van der Waals surface area contributed by atoms with Crippen molar-refractivity contribution in [1.29, 1.82) is 0 Å². The maximum atomic E-state index is 12.7. The number of hydrogen-bond donors (Lipinski definition) is 2. The Balaban J connectivity index is 1.63. The number of nitrogens with one attached hydrogen (secondary N) is 2. The lowest BCUT2D eigenvalue weighted by Gasteiger charge is -2.29. The van der Waals surface area contributed by atoms with Gasteiger partial charge in [0.1, 0.15) is 0 Å². The van der Waals surface area contributed by atoms with Crippen LogP contribution in [0, 0.1) is 11.8 Å². The highest BCUT2D eigenvalue weighted by molar-refractivity contribution is 7.89. The molecule has 2 saturated heterocycles. The fourth-order valence-corrected chi connectivity index (χ4v) is 4.45. The highest BCUT2D eigenvalue weighted by Gasteiger charge is 2.28. The zero-order chi connectivity index (χ0) is 17.2. The standard InChI is InChI=1S/C17H25N3O3S/c1-13-6-8-20(9-7-13)24(22,23)16-4-2-15(3-5-16)17(21)19-12-14-10-18-11-14/h2-5,13-14,18H,6-12H2,1H3,(H,19,21). The summed E-state index contributed by atoms with van der Waals surface area (Å²) in [5.74, 6) is 0.918. The monoisotopic (exact) mass is 351 g/mol. The molecule has 0 atom stereocenters. The first-order valence-corrected chi connectivity index (χ1v) is 10.00. The molecule has 0 unspecified atom stereocenters. The predicted octanol–water partition coefficient (Wildman–Crippen LogP) is 1.06. The van der Waals surface area contributed by atoms with Crippen molar-refractivity contribution in [2.45, 2.75) is 24.7 Å². The Hall–Kier alpha value is -1.44. The van der Waals surface area contributed by atoms with E-state index >= 15 is 0 Å². The minimum Gasteiger partial charge on any atom is -0.352 e. The summed E-state index contributed by atoms with van der Waals surface area (Å²) in [5.41, 5.74) is 0.494. The lowest BCUT2D eigenvalue weighted by molar-refractivity contribution is 0.0942. The fourth-order valence-electron chi connectivity index (χ4n) is 2.98. The third-order valence-corrected chi connectivity index (χ3v) is 6.83. The van der Waals surface area contributed by atoms with Crippen LogP contribution < -0.4 is 10.6 Å². The molecule has 24 heavy (non-hydrogen) atoms. The molecule has 0 saturated carbocycles. The predicted molar refractivity (Wildman–Crippen MR) is 92.3 cm³/mol. The van der Waals surface area contributed by atoms with Gasteiger partial charge in [-0.25, -0.2) is 8.42 Å². The summed E-state index contributed by atoms with van der Waals surface area (Å²) in [6, 6.07) is 6.25. The SMILES string of the molecule is CC1CCN(S(=O)(=O)c2ccc(C(=O)NCC3CNC3)cc2)CC1. The Labute approximate surface area is 143 Å². The average molecular weight is 351 g/mol. The summed E-state index contributed by atoms with van der Waals surface area (Å²) < 4.78 is 26.9. The molecular weight excluding hydrogens is 326 g/mol. The molecule has 132 valence electrons. The largest absolute Gasteiger partial charge is 0.352 e. The smallest absolute Gasteiger partial charge is 0.251 e. The maximum Gasteiger partial charge on any atom is 0.251 e. The second kappa shape index (κ2) is 7.21. The number of benzene rings is 1. The minimum atomic E-state index is -3.46. The van der Waals surface area contributed by atoms with E-state index in [-0.39, 0.29) is 10.8 Å². The quantitative estimate of drug-likeness (QED) is 0.831. The first-order valence-electron chi connectivity index (χ1n) is 8.56. The molecule has 0 radical (unpaired) electrons. The van der Waals surface area contributed by atoms with Gasteiger partial charge in [-0.1, -0.05) is 6.92 Å². The normalized spacial score (nSPS) is 20.5. The summed E-state index contributed by atoms with van der Waals surface area (Å²) in [6.07, 6.45) is 1.80. The molecule has 2 fully saturated rings. The molecule has 2 aliphatic rings. The zero-order valence-electron chi connectivity index (χ0n) is 14.0. The van der Waals surface area contributed by atoms with Gasteiger partial charge in [0.2, 0.25) is 10.0 Å². The number of carbonyl (C=O) groups excluding carboxylic acids is 1. The molecular formula is C17H25N3O3S. The van der Waals surface area contributed by atoms with Crippen molar-refractivity contribution in [3.05, 3.63) is 29.8 Å². The van der Waals surface area contributed by atoms with Crippen molar-refractivity contribution in [1.82, 2.24) is 14.9 Å². The Morgan fingerprint density at radius 1 is 1.21 bits per heavy atom. The highest BCUT2D eigenvalue weighted by Crippen LogP contribution is 2.23. The van der Waals surface area contributed by atoms with Crippen LogP contribution in [0.25, 0.3) is 0 Å². The molecule has 1 amide bonds. The number of sulfonamides is 1. The van der Waals surface area contributed by atoms with Gasteiger partial charge in [-0.05, 0) is 43.0 Å². The van der Waals surface area contributed by atoms with Crippen molar-refractivity contribution in [3.8, 4) is 0 Å². The Morgan fingerprint density at radius 3 is 2.38 bits per heavy atom. The van der Waals surface area contributed by atoms with Gasteiger partial charge in [0.25, 0.3) is 5.91 Å². The molecule has 2 heterocycles. The molecule has 0 spiro atoms. The summed E-state index contributed by atoms with van der Waals surface area (Å²) >= 11 is 0. The topological polar surface area (TPSA) is 78.5 Å². The van der Waals surface area contributed by atoms with Crippen LogP contribution >= 0.6 is 0 Å². The van der Waals surface area contributed by atoms with Gasteiger partial charge in [-0.3, -0.25) is 4.79 Å². The molecule has 0 aliphatic carbocycles. The maximum absolute atomic E-state index is 12.7. The van der Waals surface area contributed by atoms with Gasteiger partial charge in [-0.2, -0.15) is 4.31 Å². The van der Waals surface area contributed by atoms with Gasteiger partial charge in [0, 0.05) is 44.2 Å². The van der Waals surface area contributed by atoms with Gasteiger partial charge >= 0.3 is 0 Å². The lowest BCUT2D eigenvalue weighted by Crippen LogP contribution is -2.48. The van der Waals surface area contributed by atoms with E-state index < -0.39 is 10.0 Å². The van der Waals surface area contributed by atoms with E-state index in [4.69, 9.17) is 0 Å². The molecule has 3 rings (SSSR count). The molecule has 1 aromatic rings. The van der Waals surface area contributed by atoms with E-state index in [1.165, 1.54) is 12.1 Å². The van der Waals surface area contributed by atoms with Crippen LogP contribution in [-0.4, -0.2) is 51.4 Å². The molecule has 6 nitrogen and oxygen atoms in total. The Morgan fingerprint density at radius 2 is 1.83 bits per heavy atom. The van der Waals surface area contributed by atoms with Crippen LogP contribution in [0.15, 0.2) is 29.2 Å². The average Bonchev–Trinajstić information content (AvgIpc) is 2.54. The third kappa shape index (κ3) is 3.79. The Bertz CT molecular complexity index is 676. The second-order valence-electron chi connectivity index (χ2n) is 6.85. The molecule has 0 aromatic heterocycles. The van der Waals surface area contributed by atoms with Gasteiger partial charge < -0.3 is 10.6 Å². The van der Waals surface area contributed by atoms with Crippen LogP contribution in [0.1, 0.15) is 30.1 Å². The lowest BCUT2D eigenvalue weighted by atomic mass is 10.0. The van der Waals surface area contributed by atoms with Crippen molar-refractivity contribution < 1.29 is 13.2 Å². The van der Waals surface area contributed by atoms with E-state index in [1.54, 1.807) is 16.4 Å². The number of piperidine rings is 1. The highest BCUT2D eigenvalue weighted by atomic mass is 32.2. The zero-order valence-corrected chi connectivity index (χ0v) is 14.8. The van der Waals surface area contributed by atoms with Crippen LogP contribution in [0.4, 0.5) is 0 Å². The summed E-state index contributed by atoms with van der Waals surface area (Å²) in [6.45, 7) is 5.81. The van der Waals surface area contributed by atoms with Crippen molar-refractivity contribution in [3.63, 3.8) is 0 Å². The number of hydrogen-bond acceptors (Lipinski definition) is 4. The summed E-state index contributed by atoms with van der Waals surface area (Å²) in [4.78, 5) is 12.4. The van der Waals surface area contributed by atoms with Crippen molar-refractivity contribution >= 4 is 15.9 Å². The van der Waals surface area contributed by atoms with Gasteiger partial charge in [0.05, 0.1) is 4.90 Å². The van der Waals surface area contributed by atoms with E-state index in [1.807, 2.05) is 0 Å². The third-order valence-electron chi connectivity index (χ3n) is 4.91. The number of carbonyl (C=O) groups is 1. The summed E-state index contributed by atoms with van der Waals surface area (Å²) in [5, 5.41) is 6.05. The first-order chi connectivity index (χ1) is 11.5. The van der Waals surface area contributed by atoms with E-state index in [0.717, 1.165) is 25.9 Å². The number of amides is 1. The van der Waals surface area contributed by atoms with Crippen LogP contribution in [0.3, 0.4) is 0 Å². The summed E-state index contributed by atoms with van der Waals surface area (Å²) in [7, 11) is -3.46. The van der Waals surface area contributed by atoms with Gasteiger partial charge in [0.15, 0.2) is 0 Å². The number of rotatable bonds is 5. The first kappa shape index (κ1) is 17.4. The molecule has 7 heteroatoms. The molecule has 1 aromatic carbocycles. The minimum absolute atomic E-state index is 0.155. The Kier molecular flexibility index (Phi) is 5.22. The number of nitrogens with zero attached hydrogens (tertiary/aromatic N) is 1. The second-order valence-corrected chi connectivity index (χ2v) is 8.78. The molecule has 2 aliphatic heterocycles. The van der Waals surface area contributed by atoms with Crippen molar-refractivity contribution in [2.75, 3.05) is 32.7 Å². The van der Waals surface area contributed by atoms with E-state index in [0.29, 0.717) is 37.0 Å². The van der Waals surface area contributed by atoms with Gasteiger partial charge in [-0.15, -0.1) is 0 Å². The molecule has 0 bridgehead atoms. The van der Waals surface area contributed by atoms with E-state index in [2.05, 4.69) is 17.6 Å². The molecule has 2 N–H and O–H groups in total. The van der Waals surface area contributed by atoms with Crippen LogP contribution in [-0.2, 0) is 10.0 Å². The van der Waals surface area contributed by atoms with Crippen LogP contribution in [0.2, 0.25) is 0 Å². The fraction of sp³-hybridized carbons (Fsp3) is 0.588.